The highest BCUT2D eigenvalue weighted by atomic mass is 16.3. The Hall–Kier alpha value is -1.38. The lowest BCUT2D eigenvalue weighted by Crippen LogP contribution is -2.49. The van der Waals surface area contributed by atoms with Gasteiger partial charge in [0.2, 0.25) is 0 Å². The molecule has 1 aromatic rings. The monoisotopic (exact) mass is 270 g/mol. The van der Waals surface area contributed by atoms with E-state index in [1.165, 1.54) is 38.5 Å². The first-order valence-corrected chi connectivity index (χ1v) is 7.92. The van der Waals surface area contributed by atoms with Crippen LogP contribution in [0.2, 0.25) is 0 Å². The highest BCUT2D eigenvalue weighted by Crippen LogP contribution is 2.59. The molecule has 1 aromatic carbocycles. The number of rotatable bonds is 4. The van der Waals surface area contributed by atoms with E-state index < -0.39 is 0 Å². The van der Waals surface area contributed by atoms with Crippen molar-refractivity contribution < 1.29 is 0 Å². The average molecular weight is 270 g/mol. The summed E-state index contributed by atoms with van der Waals surface area (Å²) < 4.78 is 0. The van der Waals surface area contributed by atoms with Crippen molar-refractivity contribution in [2.24, 2.45) is 28.3 Å². The molecule has 4 saturated carbocycles. The smallest absolute Gasteiger partial charge is 0.108 e. The quantitative estimate of drug-likeness (QED) is 0.805. The van der Waals surface area contributed by atoms with E-state index in [1.807, 2.05) is 12.1 Å². The summed E-state index contributed by atoms with van der Waals surface area (Å²) in [5, 5.41) is 6.56. The number of nitroso groups, excluding NO2 is 1. The Morgan fingerprint density at radius 2 is 1.55 bits per heavy atom. The van der Waals surface area contributed by atoms with Crippen molar-refractivity contribution in [1.29, 1.82) is 0 Å². The summed E-state index contributed by atoms with van der Waals surface area (Å²) in [4.78, 5) is 10.4. The highest BCUT2D eigenvalue weighted by Gasteiger charge is 2.50. The normalized spacial score (nSPS) is 37.9. The second kappa shape index (κ2) is 4.57. The lowest BCUT2D eigenvalue weighted by Gasteiger charge is -2.57. The molecule has 0 unspecified atom stereocenters. The molecule has 5 rings (SSSR count). The van der Waals surface area contributed by atoms with Gasteiger partial charge in [-0.3, -0.25) is 0 Å². The lowest BCUT2D eigenvalue weighted by atomic mass is 9.49. The zero-order chi connectivity index (χ0) is 13.6. The Morgan fingerprint density at radius 3 is 2.05 bits per heavy atom. The van der Waals surface area contributed by atoms with Crippen molar-refractivity contribution >= 4 is 11.4 Å². The summed E-state index contributed by atoms with van der Waals surface area (Å²) >= 11 is 0. The Kier molecular flexibility index (Phi) is 2.83. The molecule has 4 aliphatic rings. The minimum Gasteiger partial charge on any atom is -0.384 e. The lowest BCUT2D eigenvalue weighted by molar-refractivity contribution is -0.0444. The molecule has 0 heterocycles. The van der Waals surface area contributed by atoms with Crippen molar-refractivity contribution in [3.63, 3.8) is 0 Å². The Labute approximate surface area is 120 Å². The van der Waals surface area contributed by atoms with E-state index in [0.29, 0.717) is 11.1 Å². The summed E-state index contributed by atoms with van der Waals surface area (Å²) in [5.41, 5.74) is 2.18. The second-order valence-corrected chi connectivity index (χ2v) is 7.41. The van der Waals surface area contributed by atoms with Crippen LogP contribution in [-0.4, -0.2) is 6.54 Å². The van der Waals surface area contributed by atoms with Gasteiger partial charge in [-0.25, -0.2) is 0 Å². The van der Waals surface area contributed by atoms with Gasteiger partial charge < -0.3 is 5.32 Å². The molecule has 0 aliphatic heterocycles. The van der Waals surface area contributed by atoms with E-state index in [4.69, 9.17) is 0 Å². The van der Waals surface area contributed by atoms with E-state index >= 15 is 0 Å². The number of anilines is 1. The predicted octanol–water partition coefficient (Wildman–Crippen LogP) is 4.71. The van der Waals surface area contributed by atoms with Crippen molar-refractivity contribution in [2.45, 2.75) is 38.5 Å². The molecule has 3 nitrogen and oxygen atoms in total. The van der Waals surface area contributed by atoms with Crippen molar-refractivity contribution in [3.05, 3.63) is 29.2 Å². The van der Waals surface area contributed by atoms with Crippen LogP contribution in [0.4, 0.5) is 11.4 Å². The van der Waals surface area contributed by atoms with E-state index in [9.17, 15) is 4.91 Å². The van der Waals surface area contributed by atoms with E-state index in [2.05, 4.69) is 10.5 Å². The summed E-state index contributed by atoms with van der Waals surface area (Å²) in [6.45, 7) is 1.10. The molecule has 3 heteroatoms. The SMILES string of the molecule is O=Nc1ccc(NCC23CC4CC(CC(C4)C2)C3)cc1. The average Bonchev–Trinajstić information content (AvgIpc) is 2.44. The first-order chi connectivity index (χ1) is 9.75. The van der Waals surface area contributed by atoms with Crippen LogP contribution in [-0.2, 0) is 0 Å². The highest BCUT2D eigenvalue weighted by molar-refractivity contribution is 5.50. The van der Waals surface area contributed by atoms with Crippen LogP contribution < -0.4 is 5.32 Å². The Balaban J connectivity index is 1.44. The molecule has 0 amide bonds. The van der Waals surface area contributed by atoms with Crippen LogP contribution in [0.25, 0.3) is 0 Å². The van der Waals surface area contributed by atoms with E-state index in [-0.39, 0.29) is 0 Å². The maximum Gasteiger partial charge on any atom is 0.108 e. The van der Waals surface area contributed by atoms with Crippen LogP contribution in [0, 0.1) is 28.1 Å². The minimum atomic E-state index is 0.505. The fraction of sp³-hybridized carbons (Fsp3) is 0.647. The number of benzene rings is 1. The van der Waals surface area contributed by atoms with Crippen LogP contribution in [0.3, 0.4) is 0 Å². The van der Waals surface area contributed by atoms with Crippen molar-refractivity contribution in [3.8, 4) is 0 Å². The van der Waals surface area contributed by atoms with Crippen molar-refractivity contribution in [1.82, 2.24) is 0 Å². The van der Waals surface area contributed by atoms with Gasteiger partial charge in [0.1, 0.15) is 5.69 Å². The van der Waals surface area contributed by atoms with Gasteiger partial charge in [0.15, 0.2) is 0 Å². The molecule has 4 fully saturated rings. The zero-order valence-electron chi connectivity index (χ0n) is 11.8. The third-order valence-corrected chi connectivity index (χ3v) is 5.81. The topological polar surface area (TPSA) is 41.5 Å². The maximum atomic E-state index is 10.4. The van der Waals surface area contributed by atoms with Gasteiger partial charge >= 0.3 is 0 Å². The number of nitrogens with zero attached hydrogens (tertiary/aromatic N) is 1. The molecule has 0 aromatic heterocycles. The Morgan fingerprint density at radius 1 is 1.00 bits per heavy atom. The van der Waals surface area contributed by atoms with E-state index in [0.717, 1.165) is 30.0 Å². The third-order valence-electron chi connectivity index (χ3n) is 5.81. The van der Waals surface area contributed by atoms with Crippen LogP contribution in [0.5, 0.6) is 0 Å². The van der Waals surface area contributed by atoms with Crippen LogP contribution in [0.15, 0.2) is 29.4 Å². The van der Waals surface area contributed by atoms with Gasteiger partial charge in [0, 0.05) is 12.2 Å². The molecule has 4 bridgehead atoms. The fourth-order valence-corrected chi connectivity index (χ4v) is 5.44. The van der Waals surface area contributed by atoms with Crippen molar-refractivity contribution in [2.75, 3.05) is 11.9 Å². The molecular formula is C17H22N2O. The second-order valence-electron chi connectivity index (χ2n) is 7.41. The molecule has 1 N–H and O–H groups in total. The van der Waals surface area contributed by atoms with Gasteiger partial charge in [-0.05, 0) is 91.1 Å². The molecule has 4 aliphatic carbocycles. The van der Waals surface area contributed by atoms with Gasteiger partial charge in [0.05, 0.1) is 0 Å². The summed E-state index contributed by atoms with van der Waals surface area (Å²) in [6, 6.07) is 7.51. The molecule has 0 atom stereocenters. The Bertz CT molecular complexity index is 473. The zero-order valence-corrected chi connectivity index (χ0v) is 11.8. The van der Waals surface area contributed by atoms with Crippen LogP contribution >= 0.6 is 0 Å². The van der Waals surface area contributed by atoms with Gasteiger partial charge in [-0.15, -0.1) is 4.91 Å². The van der Waals surface area contributed by atoms with Gasteiger partial charge in [-0.1, -0.05) is 0 Å². The molecule has 0 radical (unpaired) electrons. The fourth-order valence-electron chi connectivity index (χ4n) is 5.44. The third kappa shape index (κ3) is 2.13. The summed E-state index contributed by atoms with van der Waals surface area (Å²) in [6.07, 6.45) is 8.79. The minimum absolute atomic E-state index is 0.505. The number of hydrogen-bond donors (Lipinski definition) is 1. The molecule has 20 heavy (non-hydrogen) atoms. The predicted molar refractivity (Wildman–Crippen MR) is 81.0 cm³/mol. The molecule has 106 valence electrons. The number of nitrogens with one attached hydrogen (secondary N) is 1. The summed E-state index contributed by atoms with van der Waals surface area (Å²) in [5.74, 6) is 3.01. The standard InChI is InChI=1S/C17H22N2O/c20-19-16-3-1-15(2-4-16)18-11-17-8-12-5-13(9-17)7-14(6-12)10-17/h1-4,12-14,18H,5-11H2. The molecular weight excluding hydrogens is 248 g/mol. The van der Waals surface area contributed by atoms with Gasteiger partial charge in [0.25, 0.3) is 0 Å². The molecule has 0 spiro atoms. The first kappa shape index (κ1) is 12.4. The maximum absolute atomic E-state index is 10.4. The number of hydrogen-bond acceptors (Lipinski definition) is 3. The van der Waals surface area contributed by atoms with Crippen LogP contribution in [0.1, 0.15) is 38.5 Å². The molecule has 0 saturated heterocycles. The largest absolute Gasteiger partial charge is 0.384 e. The summed E-state index contributed by atoms with van der Waals surface area (Å²) in [7, 11) is 0. The van der Waals surface area contributed by atoms with Gasteiger partial charge in [-0.2, -0.15) is 0 Å². The van der Waals surface area contributed by atoms with E-state index in [1.54, 1.807) is 12.1 Å². The first-order valence-electron chi connectivity index (χ1n) is 7.92.